The highest BCUT2D eigenvalue weighted by Crippen LogP contribution is 2.33. The molecule has 2 aliphatic rings. The van der Waals surface area contributed by atoms with Gasteiger partial charge in [-0.15, -0.1) is 0 Å². The van der Waals surface area contributed by atoms with E-state index in [1.54, 1.807) is 37.3 Å². The first-order valence-electron chi connectivity index (χ1n) is 17.4. The van der Waals surface area contributed by atoms with Crippen molar-refractivity contribution in [2.45, 2.75) is 109 Å². The first kappa shape index (κ1) is 37.0. The molecular formula is C38H55N3O7. The van der Waals surface area contributed by atoms with Crippen molar-refractivity contribution in [1.82, 2.24) is 14.7 Å². The SMILES string of the molecule is COCCCOc1cc(C(=O)N(C(C)C)C2CCC(CCN(C(=O)Cc3ccccc3)C3CC3)N(C(=O)OC(C)(C)C)C2)ccc1OC. The highest BCUT2D eigenvalue weighted by molar-refractivity contribution is 5.95. The van der Waals surface area contributed by atoms with Crippen LogP contribution in [0.25, 0.3) is 0 Å². The third kappa shape index (κ3) is 10.4. The van der Waals surface area contributed by atoms with Gasteiger partial charge in [0.25, 0.3) is 5.91 Å². The summed E-state index contributed by atoms with van der Waals surface area (Å²) in [4.78, 5) is 47.0. The third-order valence-corrected chi connectivity index (χ3v) is 8.86. The van der Waals surface area contributed by atoms with Crippen LogP contribution in [0.3, 0.4) is 0 Å². The minimum absolute atomic E-state index is 0.112. The van der Waals surface area contributed by atoms with Crippen molar-refractivity contribution in [1.29, 1.82) is 0 Å². The number of carbonyl (C=O) groups excluding carboxylic acids is 3. The molecule has 0 spiro atoms. The lowest BCUT2D eigenvalue weighted by molar-refractivity contribution is -0.131. The Morgan fingerprint density at radius 1 is 0.917 bits per heavy atom. The van der Waals surface area contributed by atoms with E-state index in [1.165, 1.54) is 0 Å². The number of benzene rings is 2. The van der Waals surface area contributed by atoms with Crippen molar-refractivity contribution in [3.05, 3.63) is 59.7 Å². The number of amides is 3. The number of piperidine rings is 1. The lowest BCUT2D eigenvalue weighted by atomic mass is 9.93. The van der Waals surface area contributed by atoms with Gasteiger partial charge in [-0.1, -0.05) is 30.3 Å². The Balaban J connectivity index is 1.50. The number of rotatable bonds is 15. The monoisotopic (exact) mass is 665 g/mol. The summed E-state index contributed by atoms with van der Waals surface area (Å²) in [6, 6.07) is 14.9. The van der Waals surface area contributed by atoms with Gasteiger partial charge in [-0.2, -0.15) is 0 Å². The molecule has 4 rings (SSSR count). The fourth-order valence-electron chi connectivity index (χ4n) is 6.42. The summed E-state index contributed by atoms with van der Waals surface area (Å²) in [5, 5.41) is 0. The standard InChI is InChI=1S/C38H55N3O7/c1-27(2)41(36(43)29-14-19-33(46-7)34(25-29)47-23-11-22-45-6)32-18-17-31(40(26-32)37(44)48-38(3,4)5)20-21-39(30-15-16-30)35(42)24-28-12-9-8-10-13-28/h8-10,12-14,19,25,27,30-32H,11,15-18,20-24,26H2,1-7H3. The van der Waals surface area contributed by atoms with Crippen LogP contribution < -0.4 is 9.47 Å². The highest BCUT2D eigenvalue weighted by Gasteiger charge is 2.40. The van der Waals surface area contributed by atoms with Crippen LogP contribution in [0.15, 0.2) is 48.5 Å². The zero-order chi connectivity index (χ0) is 34.8. The number of likely N-dealkylation sites (tertiary alicyclic amines) is 1. The fourth-order valence-corrected chi connectivity index (χ4v) is 6.42. The van der Waals surface area contributed by atoms with Gasteiger partial charge in [-0.25, -0.2) is 4.79 Å². The number of methoxy groups -OCH3 is 2. The van der Waals surface area contributed by atoms with Gasteiger partial charge in [0.05, 0.1) is 26.2 Å². The van der Waals surface area contributed by atoms with Gasteiger partial charge in [0.1, 0.15) is 5.60 Å². The van der Waals surface area contributed by atoms with Crippen LogP contribution in [0.4, 0.5) is 4.79 Å². The van der Waals surface area contributed by atoms with E-state index >= 15 is 0 Å². The molecule has 10 nitrogen and oxygen atoms in total. The fraction of sp³-hybridized carbons (Fsp3) is 0.605. The summed E-state index contributed by atoms with van der Waals surface area (Å²) in [5.74, 6) is 1.05. The van der Waals surface area contributed by atoms with Gasteiger partial charge in [0.15, 0.2) is 11.5 Å². The molecule has 2 fully saturated rings. The van der Waals surface area contributed by atoms with Crippen molar-refractivity contribution in [2.75, 3.05) is 40.5 Å². The van der Waals surface area contributed by atoms with Crippen molar-refractivity contribution in [3.63, 3.8) is 0 Å². The quantitative estimate of drug-likeness (QED) is 0.205. The maximum absolute atomic E-state index is 14.2. The molecular weight excluding hydrogens is 610 g/mol. The highest BCUT2D eigenvalue weighted by atomic mass is 16.6. The van der Waals surface area contributed by atoms with Gasteiger partial charge < -0.3 is 33.6 Å². The molecule has 1 saturated carbocycles. The zero-order valence-electron chi connectivity index (χ0n) is 29.9. The summed E-state index contributed by atoms with van der Waals surface area (Å²) in [6.45, 7) is 11.5. The molecule has 48 heavy (non-hydrogen) atoms. The van der Waals surface area contributed by atoms with Crippen LogP contribution in [-0.4, -0.2) is 103 Å². The first-order valence-corrected chi connectivity index (χ1v) is 17.4. The Hall–Kier alpha value is -3.79. The topological polar surface area (TPSA) is 97.9 Å². The second-order valence-electron chi connectivity index (χ2n) is 14.2. The minimum Gasteiger partial charge on any atom is -0.493 e. The van der Waals surface area contributed by atoms with Gasteiger partial charge in [-0.05, 0) is 90.5 Å². The zero-order valence-corrected chi connectivity index (χ0v) is 29.9. The number of ether oxygens (including phenoxy) is 4. The number of carbonyl (C=O) groups is 3. The Morgan fingerprint density at radius 3 is 2.25 bits per heavy atom. The number of nitrogens with zero attached hydrogens (tertiary/aromatic N) is 3. The van der Waals surface area contributed by atoms with E-state index in [1.807, 2.05) is 74.8 Å². The van der Waals surface area contributed by atoms with Crippen LogP contribution >= 0.6 is 0 Å². The predicted octanol–water partition coefficient (Wildman–Crippen LogP) is 6.35. The Morgan fingerprint density at radius 2 is 1.62 bits per heavy atom. The molecule has 0 bridgehead atoms. The summed E-state index contributed by atoms with van der Waals surface area (Å²) in [5.41, 5.74) is 0.828. The first-order chi connectivity index (χ1) is 22.9. The second-order valence-corrected chi connectivity index (χ2v) is 14.2. The maximum Gasteiger partial charge on any atom is 0.410 e. The van der Waals surface area contributed by atoms with Crippen molar-refractivity contribution in [3.8, 4) is 11.5 Å². The molecule has 3 amide bonds. The van der Waals surface area contributed by atoms with Gasteiger partial charge in [-0.3, -0.25) is 9.59 Å². The molecule has 2 unspecified atom stereocenters. The van der Waals surface area contributed by atoms with E-state index in [0.29, 0.717) is 69.0 Å². The van der Waals surface area contributed by atoms with Crippen LogP contribution in [0.5, 0.6) is 11.5 Å². The number of hydrogen-bond donors (Lipinski definition) is 0. The van der Waals surface area contributed by atoms with Gasteiger partial charge >= 0.3 is 6.09 Å². The molecule has 10 heteroatoms. The molecule has 2 aromatic rings. The summed E-state index contributed by atoms with van der Waals surface area (Å²) in [6.07, 6.45) is 4.79. The second kappa shape index (κ2) is 17.0. The van der Waals surface area contributed by atoms with E-state index in [0.717, 1.165) is 24.8 Å². The van der Waals surface area contributed by atoms with E-state index in [2.05, 4.69) is 0 Å². The molecule has 1 aliphatic carbocycles. The molecule has 1 heterocycles. The summed E-state index contributed by atoms with van der Waals surface area (Å²) in [7, 11) is 3.22. The minimum atomic E-state index is -0.670. The molecule has 0 aromatic heterocycles. The smallest absolute Gasteiger partial charge is 0.410 e. The lowest BCUT2D eigenvalue weighted by Gasteiger charge is -2.45. The van der Waals surface area contributed by atoms with Crippen LogP contribution in [0.1, 0.15) is 89.1 Å². The lowest BCUT2D eigenvalue weighted by Crippen LogP contribution is -2.58. The van der Waals surface area contributed by atoms with E-state index < -0.39 is 11.7 Å². The van der Waals surface area contributed by atoms with Crippen LogP contribution in [-0.2, 0) is 20.7 Å². The molecule has 2 aromatic carbocycles. The Bertz CT molecular complexity index is 1360. The van der Waals surface area contributed by atoms with Crippen LogP contribution in [0.2, 0.25) is 0 Å². The summed E-state index contributed by atoms with van der Waals surface area (Å²) >= 11 is 0. The van der Waals surface area contributed by atoms with Gasteiger partial charge in [0, 0.05) is 56.9 Å². The van der Waals surface area contributed by atoms with Crippen molar-refractivity contribution >= 4 is 17.9 Å². The van der Waals surface area contributed by atoms with Crippen molar-refractivity contribution < 1.29 is 33.3 Å². The molecule has 2 atom stereocenters. The largest absolute Gasteiger partial charge is 0.493 e. The van der Waals surface area contributed by atoms with E-state index in [9.17, 15) is 14.4 Å². The third-order valence-electron chi connectivity index (χ3n) is 8.86. The van der Waals surface area contributed by atoms with E-state index in [-0.39, 0.29) is 36.0 Å². The molecule has 0 radical (unpaired) electrons. The Kier molecular flexibility index (Phi) is 13.2. The average Bonchev–Trinajstić information content (AvgIpc) is 3.88. The van der Waals surface area contributed by atoms with Crippen molar-refractivity contribution in [2.24, 2.45) is 0 Å². The maximum atomic E-state index is 14.2. The van der Waals surface area contributed by atoms with E-state index in [4.69, 9.17) is 18.9 Å². The molecule has 1 saturated heterocycles. The normalized spacial score (nSPS) is 18.0. The average molecular weight is 666 g/mol. The predicted molar refractivity (Wildman–Crippen MR) is 186 cm³/mol. The van der Waals surface area contributed by atoms with Crippen LogP contribution in [0, 0.1) is 0 Å². The summed E-state index contributed by atoms with van der Waals surface area (Å²) < 4.78 is 22.5. The number of hydrogen-bond acceptors (Lipinski definition) is 7. The molecule has 1 aliphatic heterocycles. The molecule has 0 N–H and O–H groups in total. The van der Waals surface area contributed by atoms with Gasteiger partial charge in [0.2, 0.25) is 5.91 Å². The Labute approximate surface area is 286 Å². The molecule has 264 valence electrons.